The molecule has 1 aliphatic carbocycles. The number of hydrogen-bond acceptors (Lipinski definition) is 2. The van der Waals surface area contributed by atoms with Gasteiger partial charge in [-0.15, -0.1) is 0 Å². The second kappa shape index (κ2) is 4.14. The van der Waals surface area contributed by atoms with Crippen LogP contribution in [0.1, 0.15) is 23.2 Å². The molecule has 1 aromatic carbocycles. The van der Waals surface area contributed by atoms with Crippen molar-refractivity contribution in [3.8, 4) is 0 Å². The summed E-state index contributed by atoms with van der Waals surface area (Å²) in [6.45, 7) is 0. The first-order chi connectivity index (χ1) is 7.58. The Morgan fingerprint density at radius 2 is 2.06 bits per heavy atom. The van der Waals surface area contributed by atoms with Crippen LogP contribution in [-0.4, -0.2) is 11.8 Å². The average Bonchev–Trinajstić information content (AvgIpc) is 3.03. The van der Waals surface area contributed by atoms with E-state index in [4.69, 9.17) is 17.3 Å². The van der Waals surface area contributed by atoms with Crippen LogP contribution in [0.2, 0.25) is 5.02 Å². The molecule has 0 atom stereocenters. The fourth-order valence-corrected chi connectivity index (χ4v) is 1.59. The van der Waals surface area contributed by atoms with Crippen molar-refractivity contribution in [3.05, 3.63) is 28.8 Å². The predicted molar refractivity (Wildman–Crippen MR) is 61.3 cm³/mol. The number of anilines is 1. The molecule has 0 spiro atoms. The van der Waals surface area contributed by atoms with E-state index in [1.807, 2.05) is 0 Å². The van der Waals surface area contributed by atoms with Gasteiger partial charge in [-0.2, -0.15) is 0 Å². The second-order valence-corrected chi connectivity index (χ2v) is 4.23. The molecule has 0 radical (unpaired) electrons. The maximum Gasteiger partial charge on any atom is 0.250 e. The van der Waals surface area contributed by atoms with Gasteiger partial charge in [0.25, 0.3) is 0 Å². The molecular formula is C11H11ClN2O2. The average molecular weight is 239 g/mol. The highest BCUT2D eigenvalue weighted by Crippen LogP contribution is 2.30. The number of nitrogens with two attached hydrogens (primary N) is 1. The molecule has 1 aliphatic rings. The van der Waals surface area contributed by atoms with E-state index in [0.717, 1.165) is 12.8 Å². The lowest BCUT2D eigenvalue weighted by molar-refractivity contribution is -0.117. The number of carbonyl (C=O) groups excluding carboxylic acids is 2. The zero-order valence-corrected chi connectivity index (χ0v) is 9.25. The minimum Gasteiger partial charge on any atom is -0.366 e. The zero-order chi connectivity index (χ0) is 11.7. The third-order valence-corrected chi connectivity index (χ3v) is 2.78. The molecule has 4 nitrogen and oxygen atoms in total. The van der Waals surface area contributed by atoms with Crippen LogP contribution in [0.25, 0.3) is 0 Å². The van der Waals surface area contributed by atoms with E-state index in [9.17, 15) is 9.59 Å². The number of halogens is 1. The maximum atomic E-state index is 11.5. The normalized spacial score (nSPS) is 14.6. The van der Waals surface area contributed by atoms with Crippen LogP contribution in [0, 0.1) is 5.92 Å². The number of benzene rings is 1. The third-order valence-electron chi connectivity index (χ3n) is 2.45. The van der Waals surface area contributed by atoms with Gasteiger partial charge in [0.15, 0.2) is 0 Å². The van der Waals surface area contributed by atoms with Crippen LogP contribution in [0.3, 0.4) is 0 Å². The molecule has 0 saturated heterocycles. The van der Waals surface area contributed by atoms with Crippen molar-refractivity contribution in [2.24, 2.45) is 11.7 Å². The zero-order valence-electron chi connectivity index (χ0n) is 8.50. The molecule has 3 N–H and O–H groups in total. The summed E-state index contributed by atoms with van der Waals surface area (Å²) in [4.78, 5) is 22.5. The van der Waals surface area contributed by atoms with Gasteiger partial charge >= 0.3 is 0 Å². The van der Waals surface area contributed by atoms with E-state index in [1.54, 1.807) is 12.1 Å². The SMILES string of the molecule is NC(=O)c1cc(NC(=O)C2CC2)ccc1Cl. The molecule has 84 valence electrons. The molecule has 2 rings (SSSR count). The Hall–Kier alpha value is -1.55. The lowest BCUT2D eigenvalue weighted by Crippen LogP contribution is -2.15. The topological polar surface area (TPSA) is 72.2 Å². The number of carbonyl (C=O) groups is 2. The predicted octanol–water partition coefficient (Wildman–Crippen LogP) is 1.79. The summed E-state index contributed by atoms with van der Waals surface area (Å²) in [5.41, 5.74) is 5.92. The van der Waals surface area contributed by atoms with Gasteiger partial charge in [0.05, 0.1) is 10.6 Å². The highest BCUT2D eigenvalue weighted by Gasteiger charge is 2.29. The lowest BCUT2D eigenvalue weighted by atomic mass is 10.2. The van der Waals surface area contributed by atoms with E-state index >= 15 is 0 Å². The van der Waals surface area contributed by atoms with Crippen molar-refractivity contribution in [1.82, 2.24) is 0 Å². The monoisotopic (exact) mass is 238 g/mol. The van der Waals surface area contributed by atoms with Crippen LogP contribution >= 0.6 is 11.6 Å². The Morgan fingerprint density at radius 3 is 2.62 bits per heavy atom. The van der Waals surface area contributed by atoms with Crippen LogP contribution in [0.4, 0.5) is 5.69 Å². The quantitative estimate of drug-likeness (QED) is 0.843. The number of hydrogen-bond donors (Lipinski definition) is 2. The molecule has 1 aromatic rings. The molecule has 0 unspecified atom stereocenters. The van der Waals surface area contributed by atoms with E-state index < -0.39 is 5.91 Å². The van der Waals surface area contributed by atoms with Gasteiger partial charge < -0.3 is 11.1 Å². The van der Waals surface area contributed by atoms with E-state index in [2.05, 4.69) is 5.32 Å². The van der Waals surface area contributed by atoms with Gasteiger partial charge in [0.2, 0.25) is 11.8 Å². The second-order valence-electron chi connectivity index (χ2n) is 3.82. The summed E-state index contributed by atoms with van der Waals surface area (Å²) in [5, 5.41) is 3.01. The Kier molecular flexibility index (Phi) is 2.83. The van der Waals surface area contributed by atoms with Crippen molar-refractivity contribution in [2.75, 3.05) is 5.32 Å². The minimum absolute atomic E-state index is 0.0160. The van der Waals surface area contributed by atoms with Crippen molar-refractivity contribution >= 4 is 29.1 Å². The number of amides is 2. The summed E-state index contributed by atoms with van der Waals surface area (Å²) in [5.74, 6) is -0.502. The Morgan fingerprint density at radius 1 is 1.38 bits per heavy atom. The van der Waals surface area contributed by atoms with Crippen LogP contribution in [-0.2, 0) is 4.79 Å². The number of primary amides is 1. The summed E-state index contributed by atoms with van der Waals surface area (Å²) in [6.07, 6.45) is 1.87. The molecule has 1 saturated carbocycles. The summed E-state index contributed by atoms with van der Waals surface area (Å²) in [7, 11) is 0. The van der Waals surface area contributed by atoms with Crippen molar-refractivity contribution in [2.45, 2.75) is 12.8 Å². The highest BCUT2D eigenvalue weighted by molar-refractivity contribution is 6.34. The molecule has 2 amide bonds. The molecule has 1 fully saturated rings. The van der Waals surface area contributed by atoms with Gasteiger partial charge in [-0.05, 0) is 31.0 Å². The van der Waals surface area contributed by atoms with Crippen molar-refractivity contribution in [3.63, 3.8) is 0 Å². The van der Waals surface area contributed by atoms with Crippen molar-refractivity contribution < 1.29 is 9.59 Å². The minimum atomic E-state index is -0.604. The molecule has 0 aromatic heterocycles. The molecular weight excluding hydrogens is 228 g/mol. The molecule has 5 heteroatoms. The van der Waals surface area contributed by atoms with Crippen LogP contribution in [0.15, 0.2) is 18.2 Å². The number of rotatable bonds is 3. The van der Waals surface area contributed by atoms with Crippen LogP contribution in [0.5, 0.6) is 0 Å². The largest absolute Gasteiger partial charge is 0.366 e. The molecule has 0 aliphatic heterocycles. The first kappa shape index (κ1) is 11.0. The van der Waals surface area contributed by atoms with E-state index in [0.29, 0.717) is 5.69 Å². The Bertz CT molecular complexity index is 455. The Balaban J connectivity index is 2.18. The standard InChI is InChI=1S/C11H11ClN2O2/c12-9-4-3-7(5-8(9)10(13)15)14-11(16)6-1-2-6/h3-6H,1-2H2,(H2,13,15)(H,14,16). The molecule has 0 bridgehead atoms. The van der Waals surface area contributed by atoms with Crippen LogP contribution < -0.4 is 11.1 Å². The van der Waals surface area contributed by atoms with E-state index in [1.165, 1.54) is 6.07 Å². The van der Waals surface area contributed by atoms with Gasteiger partial charge in [-0.25, -0.2) is 0 Å². The summed E-state index contributed by atoms with van der Waals surface area (Å²) >= 11 is 5.79. The molecule has 16 heavy (non-hydrogen) atoms. The third kappa shape index (κ3) is 2.33. The summed E-state index contributed by atoms with van der Waals surface area (Å²) in [6, 6.07) is 4.68. The fraction of sp³-hybridized carbons (Fsp3) is 0.273. The van der Waals surface area contributed by atoms with Gasteiger partial charge in [-0.3, -0.25) is 9.59 Å². The summed E-state index contributed by atoms with van der Waals surface area (Å²) < 4.78 is 0. The van der Waals surface area contributed by atoms with E-state index in [-0.39, 0.29) is 22.4 Å². The van der Waals surface area contributed by atoms with Gasteiger partial charge in [0, 0.05) is 11.6 Å². The van der Waals surface area contributed by atoms with Gasteiger partial charge in [0.1, 0.15) is 0 Å². The van der Waals surface area contributed by atoms with Gasteiger partial charge in [-0.1, -0.05) is 11.6 Å². The van der Waals surface area contributed by atoms with Crippen molar-refractivity contribution in [1.29, 1.82) is 0 Å². The lowest BCUT2D eigenvalue weighted by Gasteiger charge is -2.06. The smallest absolute Gasteiger partial charge is 0.250 e. The highest BCUT2D eigenvalue weighted by atomic mass is 35.5. The first-order valence-electron chi connectivity index (χ1n) is 4.98. The number of nitrogens with one attached hydrogen (secondary N) is 1. The Labute approximate surface area is 97.8 Å². The first-order valence-corrected chi connectivity index (χ1v) is 5.36. The maximum absolute atomic E-state index is 11.5. The fourth-order valence-electron chi connectivity index (χ4n) is 1.38. The molecule has 0 heterocycles.